The van der Waals surface area contributed by atoms with E-state index in [0.717, 1.165) is 54.9 Å². The van der Waals surface area contributed by atoms with Crippen LogP contribution in [0.15, 0.2) is 23.7 Å². The number of fused-ring (bicyclic) bond motifs is 1. The minimum Gasteiger partial charge on any atom is -0.342 e. The zero-order valence-electron chi connectivity index (χ0n) is 15.3. The van der Waals surface area contributed by atoms with Crippen molar-refractivity contribution in [3.05, 3.63) is 45.7 Å². The molecule has 1 N–H and O–H groups in total. The van der Waals surface area contributed by atoms with Crippen LogP contribution in [0.2, 0.25) is 0 Å². The van der Waals surface area contributed by atoms with E-state index in [1.807, 2.05) is 17.3 Å². The molecule has 0 aliphatic carbocycles. The first kappa shape index (κ1) is 17.2. The van der Waals surface area contributed by atoms with Crippen molar-refractivity contribution >= 4 is 28.3 Å². The Labute approximate surface area is 157 Å². The quantitative estimate of drug-likeness (QED) is 0.758. The lowest BCUT2D eigenvalue weighted by Gasteiger charge is -2.32. The van der Waals surface area contributed by atoms with Crippen LogP contribution in [-0.4, -0.2) is 38.8 Å². The van der Waals surface area contributed by atoms with Crippen LogP contribution in [0.3, 0.4) is 0 Å². The van der Waals surface area contributed by atoms with Crippen molar-refractivity contribution in [1.82, 2.24) is 19.9 Å². The van der Waals surface area contributed by atoms with Crippen LogP contribution in [0.1, 0.15) is 47.1 Å². The van der Waals surface area contributed by atoms with Gasteiger partial charge < -0.3 is 9.88 Å². The number of thiazole rings is 1. The number of para-hydroxylation sites is 1. The summed E-state index contributed by atoms with van der Waals surface area (Å²) < 4.78 is 0. The van der Waals surface area contributed by atoms with Crippen LogP contribution < -0.4 is 0 Å². The molecule has 5 nitrogen and oxygen atoms in total. The third-order valence-electron chi connectivity index (χ3n) is 5.30. The standard InChI is InChI=1S/C20H24N4OS/c1-13-5-3-7-16-19(13)23-20(22-16)15-6-4-10-24(11-15)18(25)9-8-17-14(2)21-12-26-17/h3,5,7,12,15H,4,6,8-11H2,1-2H3,(H,22,23)/t15-/m0/s1. The van der Waals surface area contributed by atoms with Crippen molar-refractivity contribution in [2.45, 2.75) is 45.4 Å². The number of amides is 1. The SMILES string of the molecule is Cc1ncsc1CCC(=O)N1CCC[C@H](c2nc3c(C)cccc3[nH]2)C1. The molecule has 4 rings (SSSR count). The molecule has 6 heteroatoms. The smallest absolute Gasteiger partial charge is 0.222 e. The molecule has 26 heavy (non-hydrogen) atoms. The fourth-order valence-electron chi connectivity index (χ4n) is 3.76. The summed E-state index contributed by atoms with van der Waals surface area (Å²) in [6.45, 7) is 5.72. The third-order valence-corrected chi connectivity index (χ3v) is 6.30. The Morgan fingerprint density at radius 1 is 1.38 bits per heavy atom. The molecular weight excluding hydrogens is 344 g/mol. The van der Waals surface area contributed by atoms with Crippen molar-refractivity contribution in [2.75, 3.05) is 13.1 Å². The van der Waals surface area contributed by atoms with E-state index in [4.69, 9.17) is 4.98 Å². The molecule has 1 aliphatic heterocycles. The molecule has 1 fully saturated rings. The lowest BCUT2D eigenvalue weighted by Crippen LogP contribution is -2.39. The Morgan fingerprint density at radius 2 is 2.27 bits per heavy atom. The number of rotatable bonds is 4. The molecule has 3 aromatic rings. The van der Waals surface area contributed by atoms with E-state index in [1.54, 1.807) is 11.3 Å². The highest BCUT2D eigenvalue weighted by Crippen LogP contribution is 2.28. The Balaban J connectivity index is 1.44. The van der Waals surface area contributed by atoms with Gasteiger partial charge in [0.05, 0.1) is 22.2 Å². The second kappa shape index (κ2) is 7.19. The molecule has 1 amide bonds. The minimum atomic E-state index is 0.245. The van der Waals surface area contributed by atoms with Gasteiger partial charge in [0, 0.05) is 30.3 Å². The average Bonchev–Trinajstić information content (AvgIpc) is 3.27. The molecule has 1 atom stereocenters. The molecule has 3 heterocycles. The number of H-pyrrole nitrogens is 1. The summed E-state index contributed by atoms with van der Waals surface area (Å²) in [6, 6.07) is 6.21. The number of imidazole rings is 1. The molecule has 1 saturated heterocycles. The number of aromatic nitrogens is 3. The van der Waals surface area contributed by atoms with Crippen LogP contribution in [0.25, 0.3) is 11.0 Å². The first-order valence-electron chi connectivity index (χ1n) is 9.24. The number of carbonyl (C=O) groups excluding carboxylic acids is 1. The van der Waals surface area contributed by atoms with Crippen LogP contribution in [0, 0.1) is 13.8 Å². The zero-order valence-corrected chi connectivity index (χ0v) is 16.1. The number of aryl methyl sites for hydroxylation is 3. The van der Waals surface area contributed by atoms with E-state index < -0.39 is 0 Å². The number of carbonyl (C=O) groups is 1. The van der Waals surface area contributed by atoms with Crippen LogP contribution in [0.5, 0.6) is 0 Å². The summed E-state index contributed by atoms with van der Waals surface area (Å²) in [5.41, 5.74) is 6.23. The maximum Gasteiger partial charge on any atom is 0.222 e. The first-order valence-corrected chi connectivity index (χ1v) is 10.1. The Morgan fingerprint density at radius 3 is 3.04 bits per heavy atom. The van der Waals surface area contributed by atoms with E-state index in [2.05, 4.69) is 35.1 Å². The van der Waals surface area contributed by atoms with Gasteiger partial charge in [-0.3, -0.25) is 4.79 Å². The number of aromatic amines is 1. The normalized spacial score (nSPS) is 17.8. The Kier molecular flexibility index (Phi) is 4.76. The molecular formula is C20H24N4OS. The predicted octanol–water partition coefficient (Wildman–Crippen LogP) is 3.98. The van der Waals surface area contributed by atoms with Crippen molar-refractivity contribution in [3.63, 3.8) is 0 Å². The number of piperidine rings is 1. The number of hydrogen-bond donors (Lipinski definition) is 1. The van der Waals surface area contributed by atoms with E-state index in [9.17, 15) is 4.79 Å². The van der Waals surface area contributed by atoms with Crippen LogP contribution in [-0.2, 0) is 11.2 Å². The predicted molar refractivity (Wildman–Crippen MR) is 105 cm³/mol. The highest BCUT2D eigenvalue weighted by Gasteiger charge is 2.26. The van der Waals surface area contributed by atoms with Crippen LogP contribution >= 0.6 is 11.3 Å². The van der Waals surface area contributed by atoms with E-state index in [0.29, 0.717) is 12.3 Å². The van der Waals surface area contributed by atoms with Crippen molar-refractivity contribution in [2.24, 2.45) is 0 Å². The van der Waals surface area contributed by atoms with Crippen molar-refractivity contribution in [3.8, 4) is 0 Å². The molecule has 0 unspecified atom stereocenters. The van der Waals surface area contributed by atoms with Gasteiger partial charge >= 0.3 is 0 Å². The molecule has 136 valence electrons. The molecule has 0 spiro atoms. The summed E-state index contributed by atoms with van der Waals surface area (Å²) in [5.74, 6) is 1.56. The Bertz CT molecular complexity index is 929. The third kappa shape index (κ3) is 3.38. The van der Waals surface area contributed by atoms with Gasteiger partial charge in [0.1, 0.15) is 5.82 Å². The molecule has 2 aromatic heterocycles. The van der Waals surface area contributed by atoms with Gasteiger partial charge in [-0.25, -0.2) is 9.97 Å². The highest BCUT2D eigenvalue weighted by atomic mass is 32.1. The summed E-state index contributed by atoms with van der Waals surface area (Å²) >= 11 is 1.64. The van der Waals surface area contributed by atoms with Gasteiger partial charge in [-0.2, -0.15) is 0 Å². The molecule has 1 aliphatic rings. The van der Waals surface area contributed by atoms with Gasteiger partial charge in [-0.1, -0.05) is 12.1 Å². The van der Waals surface area contributed by atoms with Gasteiger partial charge in [-0.15, -0.1) is 11.3 Å². The highest BCUT2D eigenvalue weighted by molar-refractivity contribution is 7.09. The molecule has 0 saturated carbocycles. The summed E-state index contributed by atoms with van der Waals surface area (Å²) in [6.07, 6.45) is 3.47. The van der Waals surface area contributed by atoms with Crippen molar-refractivity contribution in [1.29, 1.82) is 0 Å². The fourth-order valence-corrected chi connectivity index (χ4v) is 4.54. The second-order valence-electron chi connectivity index (χ2n) is 7.13. The van der Waals surface area contributed by atoms with E-state index in [1.165, 1.54) is 10.4 Å². The second-order valence-corrected chi connectivity index (χ2v) is 8.07. The number of nitrogens with zero attached hydrogens (tertiary/aromatic N) is 3. The van der Waals surface area contributed by atoms with Gasteiger partial charge in [0.25, 0.3) is 0 Å². The maximum absolute atomic E-state index is 12.7. The van der Waals surface area contributed by atoms with Crippen molar-refractivity contribution < 1.29 is 4.79 Å². The van der Waals surface area contributed by atoms with E-state index in [-0.39, 0.29) is 5.91 Å². The van der Waals surface area contributed by atoms with Gasteiger partial charge in [0.2, 0.25) is 5.91 Å². The lowest BCUT2D eigenvalue weighted by molar-refractivity contribution is -0.132. The minimum absolute atomic E-state index is 0.245. The topological polar surface area (TPSA) is 61.9 Å². The summed E-state index contributed by atoms with van der Waals surface area (Å²) in [4.78, 5) is 28.5. The summed E-state index contributed by atoms with van der Waals surface area (Å²) in [5, 5.41) is 0. The van der Waals surface area contributed by atoms with Gasteiger partial charge in [-0.05, 0) is 44.7 Å². The number of hydrogen-bond acceptors (Lipinski definition) is 4. The number of nitrogens with one attached hydrogen (secondary N) is 1. The zero-order chi connectivity index (χ0) is 18.1. The van der Waals surface area contributed by atoms with Gasteiger partial charge in [0.15, 0.2) is 0 Å². The number of benzene rings is 1. The van der Waals surface area contributed by atoms with Crippen LogP contribution in [0.4, 0.5) is 0 Å². The number of likely N-dealkylation sites (tertiary alicyclic amines) is 1. The monoisotopic (exact) mass is 368 g/mol. The maximum atomic E-state index is 12.7. The Hall–Kier alpha value is -2.21. The first-order chi connectivity index (χ1) is 12.6. The largest absolute Gasteiger partial charge is 0.342 e. The summed E-state index contributed by atoms with van der Waals surface area (Å²) in [7, 11) is 0. The molecule has 0 radical (unpaired) electrons. The molecule has 0 bridgehead atoms. The lowest BCUT2D eigenvalue weighted by atomic mass is 9.97. The fraction of sp³-hybridized carbons (Fsp3) is 0.450. The molecule has 1 aromatic carbocycles. The van der Waals surface area contributed by atoms with E-state index >= 15 is 0 Å². The average molecular weight is 369 g/mol.